The van der Waals surface area contributed by atoms with Crippen molar-refractivity contribution < 1.29 is 9.52 Å². The number of nitroso groups, excluding NO2 is 2. The van der Waals surface area contributed by atoms with E-state index in [-0.39, 0.29) is 6.67 Å². The van der Waals surface area contributed by atoms with E-state index in [1.165, 1.54) is 0 Å². The second-order valence-electron chi connectivity index (χ2n) is 2.65. The molecule has 4 heteroatoms. The molecule has 0 aromatic heterocycles. The molecule has 2 rings (SSSR count). The number of rotatable bonds is 0. The first-order valence-electron chi connectivity index (χ1n) is 3.59. The van der Waals surface area contributed by atoms with E-state index >= 15 is 0 Å². The lowest BCUT2D eigenvalue weighted by Gasteiger charge is -1.90. The van der Waals surface area contributed by atoms with Crippen LogP contribution in [-0.4, -0.2) is 16.2 Å². The van der Waals surface area contributed by atoms with Crippen LogP contribution in [0.1, 0.15) is 12.8 Å². The highest BCUT2D eigenvalue weighted by Gasteiger charge is 2.47. The van der Waals surface area contributed by atoms with Crippen LogP contribution in [0.2, 0.25) is 0 Å². The molecule has 0 unspecified atom stereocenters. The summed E-state index contributed by atoms with van der Waals surface area (Å²) >= 11 is 0. The molecule has 1 aliphatic carbocycles. The summed E-state index contributed by atoms with van der Waals surface area (Å²) in [7, 11) is 0. The van der Waals surface area contributed by atoms with Gasteiger partial charge in [-0.05, 0) is 25.0 Å². The normalized spacial score (nSPS) is 22.9. The van der Waals surface area contributed by atoms with E-state index in [0.29, 0.717) is 11.4 Å². The Morgan fingerprint density at radius 1 is 1.00 bits per heavy atom. The number of allylic oxidation sites excluding steroid dienone is 2. The zero-order valence-electron chi connectivity index (χ0n) is 5.99. The summed E-state index contributed by atoms with van der Waals surface area (Å²) in [5, 5.41) is 0. The molecule has 0 saturated carbocycles. The average molecular weight is 152 g/mol. The lowest BCUT2D eigenvalue weighted by molar-refractivity contribution is -0.650. The summed E-state index contributed by atoms with van der Waals surface area (Å²) in [5.74, 6) is 0. The quantitative estimate of drug-likeness (QED) is 0.487. The highest BCUT2D eigenvalue weighted by atomic mass is 16.3. The van der Waals surface area contributed by atoms with Gasteiger partial charge in [-0.15, -0.1) is 0 Å². The van der Waals surface area contributed by atoms with Crippen molar-refractivity contribution in [3.63, 3.8) is 0 Å². The maximum atomic E-state index is 11.0. The van der Waals surface area contributed by atoms with Crippen molar-refractivity contribution in [1.29, 1.82) is 0 Å². The molecule has 0 aromatic rings. The Bertz CT molecular complexity index is 272. The van der Waals surface area contributed by atoms with Gasteiger partial charge < -0.3 is 0 Å². The molecule has 1 fully saturated rings. The summed E-state index contributed by atoms with van der Waals surface area (Å²) in [6.45, 7) is -0.0718. The molecular formula is C7H8N2O2+2. The molecule has 0 N–H and O–H groups in total. The molecule has 0 bridgehead atoms. The van der Waals surface area contributed by atoms with Crippen LogP contribution in [0.4, 0.5) is 0 Å². The van der Waals surface area contributed by atoms with Crippen molar-refractivity contribution in [2.75, 3.05) is 6.67 Å². The van der Waals surface area contributed by atoms with Gasteiger partial charge in [0.25, 0.3) is 0 Å². The molecule has 1 saturated heterocycles. The van der Waals surface area contributed by atoms with Crippen LogP contribution >= 0.6 is 0 Å². The number of fused-ring (bicyclic) bond motifs is 1. The molecule has 1 aliphatic heterocycles. The minimum Gasteiger partial charge on any atom is -0.0241 e. The standard InChI is InChI=1S/C7H8N2O2/c10-8-5-9(11)7-4-2-1-3-6(7)8/h3-4H,1-2,5H2/q+2. The highest BCUT2D eigenvalue weighted by Crippen LogP contribution is 2.24. The van der Waals surface area contributed by atoms with Crippen LogP contribution in [-0.2, 0) is 0 Å². The Kier molecular flexibility index (Phi) is 1.21. The van der Waals surface area contributed by atoms with Gasteiger partial charge in [0, 0.05) is 9.81 Å². The van der Waals surface area contributed by atoms with Gasteiger partial charge in [-0.25, -0.2) is 0 Å². The minimum absolute atomic E-state index is 0.0718. The van der Waals surface area contributed by atoms with E-state index in [1.54, 1.807) is 0 Å². The van der Waals surface area contributed by atoms with E-state index in [1.807, 2.05) is 12.2 Å². The summed E-state index contributed by atoms with van der Waals surface area (Å²) < 4.78 is 1.47. The van der Waals surface area contributed by atoms with Gasteiger partial charge in [0.05, 0.1) is 0 Å². The third kappa shape index (κ3) is 0.824. The topological polar surface area (TPSA) is 40.2 Å². The lowest BCUT2D eigenvalue weighted by atomic mass is 10.1. The predicted octanol–water partition coefficient (Wildman–Crippen LogP) is 1.08. The second kappa shape index (κ2) is 2.08. The Balaban J connectivity index is 2.49. The van der Waals surface area contributed by atoms with Crippen molar-refractivity contribution in [3.05, 3.63) is 33.4 Å². The van der Waals surface area contributed by atoms with Crippen LogP contribution in [0.15, 0.2) is 23.5 Å². The van der Waals surface area contributed by atoms with Gasteiger partial charge in [-0.3, -0.25) is 0 Å². The summed E-state index contributed by atoms with van der Waals surface area (Å²) in [6.07, 6.45) is 5.37. The van der Waals surface area contributed by atoms with E-state index in [4.69, 9.17) is 0 Å². The van der Waals surface area contributed by atoms with E-state index < -0.39 is 0 Å². The highest BCUT2D eigenvalue weighted by molar-refractivity contribution is 5.22. The molecule has 0 radical (unpaired) electrons. The van der Waals surface area contributed by atoms with Crippen molar-refractivity contribution in [2.24, 2.45) is 0 Å². The smallest absolute Gasteiger partial charge is 0.0241 e. The average Bonchev–Trinajstić information content (AvgIpc) is 2.30. The molecule has 1 heterocycles. The van der Waals surface area contributed by atoms with E-state index in [9.17, 15) is 9.81 Å². The maximum Gasteiger partial charge on any atom is 0.436 e. The number of nitrogens with zero attached hydrogens (tertiary/aromatic N) is 2. The zero-order chi connectivity index (χ0) is 7.84. The Hall–Kier alpha value is -1.32. The monoisotopic (exact) mass is 152 g/mol. The van der Waals surface area contributed by atoms with Crippen LogP contribution in [0, 0.1) is 9.81 Å². The van der Waals surface area contributed by atoms with Crippen LogP contribution in [0.5, 0.6) is 0 Å². The second-order valence-corrected chi connectivity index (χ2v) is 2.65. The molecule has 56 valence electrons. The SMILES string of the molecule is O=[N+]1C[N+](=O)C2=CCCC=C21. The molecule has 4 nitrogen and oxygen atoms in total. The van der Waals surface area contributed by atoms with Gasteiger partial charge in [0.1, 0.15) is 9.52 Å². The lowest BCUT2D eigenvalue weighted by Crippen LogP contribution is -2.02. The molecule has 0 atom stereocenters. The van der Waals surface area contributed by atoms with Gasteiger partial charge in [-0.1, -0.05) is 0 Å². The van der Waals surface area contributed by atoms with E-state index in [0.717, 1.165) is 22.4 Å². The fourth-order valence-electron chi connectivity index (χ4n) is 1.38. The first-order chi connectivity index (χ1) is 5.29. The van der Waals surface area contributed by atoms with Crippen LogP contribution in [0.25, 0.3) is 0 Å². The van der Waals surface area contributed by atoms with Gasteiger partial charge in [0.15, 0.2) is 0 Å². The Morgan fingerprint density at radius 2 is 1.45 bits per heavy atom. The predicted molar refractivity (Wildman–Crippen MR) is 37.5 cm³/mol. The maximum absolute atomic E-state index is 11.0. The van der Waals surface area contributed by atoms with Crippen molar-refractivity contribution in [1.82, 2.24) is 0 Å². The third-order valence-corrected chi connectivity index (χ3v) is 1.90. The van der Waals surface area contributed by atoms with Crippen molar-refractivity contribution in [2.45, 2.75) is 12.8 Å². The molecule has 11 heavy (non-hydrogen) atoms. The summed E-state index contributed by atoms with van der Waals surface area (Å²) in [4.78, 5) is 22.0. The number of hydrogen-bond donors (Lipinski definition) is 0. The van der Waals surface area contributed by atoms with Crippen molar-refractivity contribution in [3.8, 4) is 0 Å². The van der Waals surface area contributed by atoms with Gasteiger partial charge >= 0.3 is 18.1 Å². The molecule has 0 aromatic carbocycles. The van der Waals surface area contributed by atoms with Crippen LogP contribution < -0.4 is 0 Å². The number of hydrogen-bond acceptors (Lipinski definition) is 2. The molecular weight excluding hydrogens is 144 g/mol. The molecule has 0 spiro atoms. The first-order valence-corrected chi connectivity index (χ1v) is 3.59. The zero-order valence-corrected chi connectivity index (χ0v) is 5.99. The fraction of sp³-hybridized carbons (Fsp3) is 0.429. The Labute approximate surface area is 63.3 Å². The van der Waals surface area contributed by atoms with Gasteiger partial charge in [0.2, 0.25) is 0 Å². The largest absolute Gasteiger partial charge is 0.436 e. The molecule has 2 aliphatic rings. The van der Waals surface area contributed by atoms with E-state index in [2.05, 4.69) is 0 Å². The van der Waals surface area contributed by atoms with Gasteiger partial charge in [-0.2, -0.15) is 0 Å². The summed E-state index contributed by atoms with van der Waals surface area (Å²) in [5.41, 5.74) is 1.09. The molecule has 0 amide bonds. The van der Waals surface area contributed by atoms with Crippen molar-refractivity contribution >= 4 is 0 Å². The summed E-state index contributed by atoms with van der Waals surface area (Å²) in [6, 6.07) is 0. The minimum atomic E-state index is -0.0718. The first kappa shape index (κ1) is 6.39. The Morgan fingerprint density at radius 3 is 1.91 bits per heavy atom. The van der Waals surface area contributed by atoms with Crippen LogP contribution in [0.3, 0.4) is 0 Å². The third-order valence-electron chi connectivity index (χ3n) is 1.90. The fourth-order valence-corrected chi connectivity index (χ4v) is 1.38.